The first-order valence-corrected chi connectivity index (χ1v) is 5.19. The summed E-state index contributed by atoms with van der Waals surface area (Å²) in [5.74, 6) is -0.692. The summed E-state index contributed by atoms with van der Waals surface area (Å²) in [5.41, 5.74) is -0.687. The Balaban J connectivity index is 2.55. The van der Waals surface area contributed by atoms with Gasteiger partial charge in [0.25, 0.3) is 5.91 Å². The summed E-state index contributed by atoms with van der Waals surface area (Å²) in [6, 6.07) is 2.90. The Morgan fingerprint density at radius 1 is 1.47 bits per heavy atom. The van der Waals surface area contributed by atoms with E-state index in [2.05, 4.69) is 21.2 Å². The molecule has 0 saturated heterocycles. The van der Waals surface area contributed by atoms with Crippen LogP contribution in [0, 0.1) is 5.82 Å². The second-order valence-corrected chi connectivity index (χ2v) is 4.75. The highest BCUT2D eigenvalue weighted by atomic mass is 79.9. The van der Waals surface area contributed by atoms with Crippen molar-refractivity contribution >= 4 is 27.5 Å². The van der Waals surface area contributed by atoms with Gasteiger partial charge in [-0.1, -0.05) is 15.9 Å². The highest BCUT2D eigenvalue weighted by Gasteiger charge is 2.36. The van der Waals surface area contributed by atoms with Crippen LogP contribution in [0.25, 0.3) is 0 Å². The lowest BCUT2D eigenvalue weighted by Gasteiger charge is -2.31. The minimum absolute atomic E-state index is 0.0859. The molecule has 80 valence electrons. The van der Waals surface area contributed by atoms with E-state index in [1.165, 1.54) is 6.07 Å². The van der Waals surface area contributed by atoms with Crippen molar-refractivity contribution in [3.8, 4) is 5.75 Å². The SMILES string of the molecule is CC1(C)Oc2c(F)cc(Br)cc2NC1=O. The second kappa shape index (κ2) is 3.20. The van der Waals surface area contributed by atoms with Gasteiger partial charge in [-0.25, -0.2) is 4.39 Å². The zero-order valence-electron chi connectivity index (χ0n) is 8.23. The lowest BCUT2D eigenvalue weighted by molar-refractivity contribution is -0.129. The van der Waals surface area contributed by atoms with Crippen molar-refractivity contribution < 1.29 is 13.9 Å². The lowest BCUT2D eigenvalue weighted by Crippen LogP contribution is -2.46. The quantitative estimate of drug-likeness (QED) is 0.789. The largest absolute Gasteiger partial charge is 0.473 e. The molecule has 0 aromatic heterocycles. The van der Waals surface area contributed by atoms with E-state index in [4.69, 9.17) is 4.74 Å². The number of hydrogen-bond acceptors (Lipinski definition) is 2. The third kappa shape index (κ3) is 1.71. The molecular formula is C10H9BrFNO2. The molecular weight excluding hydrogens is 265 g/mol. The minimum Gasteiger partial charge on any atom is -0.473 e. The fraction of sp³-hybridized carbons (Fsp3) is 0.300. The molecule has 0 radical (unpaired) electrons. The van der Waals surface area contributed by atoms with Crippen LogP contribution in [0.2, 0.25) is 0 Å². The van der Waals surface area contributed by atoms with Gasteiger partial charge in [0.2, 0.25) is 0 Å². The van der Waals surface area contributed by atoms with Crippen LogP contribution in [0.5, 0.6) is 5.75 Å². The van der Waals surface area contributed by atoms with Crippen LogP contribution in [-0.4, -0.2) is 11.5 Å². The molecule has 2 rings (SSSR count). The molecule has 0 fully saturated rings. The lowest BCUT2D eigenvalue weighted by atomic mass is 10.1. The number of rotatable bonds is 0. The van der Waals surface area contributed by atoms with Gasteiger partial charge in [0.15, 0.2) is 17.2 Å². The number of anilines is 1. The number of benzene rings is 1. The molecule has 0 spiro atoms. The van der Waals surface area contributed by atoms with Crippen LogP contribution >= 0.6 is 15.9 Å². The third-order valence-electron chi connectivity index (χ3n) is 2.16. The van der Waals surface area contributed by atoms with Gasteiger partial charge < -0.3 is 10.1 Å². The molecule has 0 bridgehead atoms. The summed E-state index contributed by atoms with van der Waals surface area (Å²) in [7, 11) is 0. The normalized spacial score (nSPS) is 17.7. The van der Waals surface area contributed by atoms with Crippen LogP contribution < -0.4 is 10.1 Å². The van der Waals surface area contributed by atoms with Gasteiger partial charge in [-0.15, -0.1) is 0 Å². The van der Waals surface area contributed by atoms with Crippen molar-refractivity contribution in [1.29, 1.82) is 0 Å². The molecule has 0 aliphatic carbocycles. The van der Waals surface area contributed by atoms with Crippen molar-refractivity contribution in [2.75, 3.05) is 5.32 Å². The number of halogens is 2. The number of fused-ring (bicyclic) bond motifs is 1. The van der Waals surface area contributed by atoms with E-state index in [0.29, 0.717) is 10.2 Å². The number of hydrogen-bond donors (Lipinski definition) is 1. The molecule has 0 atom stereocenters. The first-order chi connectivity index (χ1) is 6.90. The van der Waals surface area contributed by atoms with Gasteiger partial charge in [-0.3, -0.25) is 4.79 Å². The third-order valence-corrected chi connectivity index (χ3v) is 2.62. The number of amides is 1. The van der Waals surface area contributed by atoms with E-state index in [1.807, 2.05) is 0 Å². The van der Waals surface area contributed by atoms with Gasteiger partial charge in [0, 0.05) is 4.47 Å². The molecule has 1 aliphatic rings. The molecule has 1 aromatic rings. The summed E-state index contributed by atoms with van der Waals surface area (Å²) < 4.78 is 19.4. The Labute approximate surface area is 94.7 Å². The summed E-state index contributed by atoms with van der Waals surface area (Å²) >= 11 is 3.14. The van der Waals surface area contributed by atoms with E-state index >= 15 is 0 Å². The smallest absolute Gasteiger partial charge is 0.268 e. The predicted octanol–water partition coefficient (Wildman–Crippen LogP) is 2.70. The predicted molar refractivity (Wildman–Crippen MR) is 57.4 cm³/mol. The maximum atomic E-state index is 13.5. The first kappa shape index (κ1) is 10.4. The van der Waals surface area contributed by atoms with Crippen LogP contribution in [0.4, 0.5) is 10.1 Å². The number of carbonyl (C=O) groups excluding carboxylic acids is 1. The van der Waals surface area contributed by atoms with E-state index in [1.54, 1.807) is 19.9 Å². The van der Waals surface area contributed by atoms with Crippen LogP contribution in [-0.2, 0) is 4.79 Å². The summed E-state index contributed by atoms with van der Waals surface area (Å²) in [6.45, 7) is 3.18. The van der Waals surface area contributed by atoms with Gasteiger partial charge in [0.1, 0.15) is 0 Å². The molecule has 1 heterocycles. The summed E-state index contributed by atoms with van der Waals surface area (Å²) in [6.07, 6.45) is 0. The maximum Gasteiger partial charge on any atom is 0.268 e. The van der Waals surface area contributed by atoms with Crippen LogP contribution in [0.3, 0.4) is 0 Å². The van der Waals surface area contributed by atoms with Crippen molar-refractivity contribution in [2.24, 2.45) is 0 Å². The highest BCUT2D eigenvalue weighted by molar-refractivity contribution is 9.10. The zero-order chi connectivity index (χ0) is 11.2. The average Bonchev–Trinajstić information content (AvgIpc) is 2.09. The minimum atomic E-state index is -1.04. The van der Waals surface area contributed by atoms with Crippen molar-refractivity contribution in [2.45, 2.75) is 19.4 Å². The zero-order valence-corrected chi connectivity index (χ0v) is 9.81. The second-order valence-electron chi connectivity index (χ2n) is 3.83. The fourth-order valence-electron chi connectivity index (χ4n) is 1.33. The van der Waals surface area contributed by atoms with Gasteiger partial charge >= 0.3 is 0 Å². The molecule has 1 amide bonds. The Bertz CT molecular complexity index is 445. The van der Waals surface area contributed by atoms with Crippen molar-refractivity contribution in [1.82, 2.24) is 0 Å². The van der Waals surface area contributed by atoms with Crippen LogP contribution in [0.1, 0.15) is 13.8 Å². The standard InChI is InChI=1S/C10H9BrFNO2/c1-10(2)9(14)13-7-4-5(11)3-6(12)8(7)15-10/h3-4H,1-2H3,(H,13,14). The Morgan fingerprint density at radius 3 is 2.80 bits per heavy atom. The van der Waals surface area contributed by atoms with Crippen LogP contribution in [0.15, 0.2) is 16.6 Å². The molecule has 3 nitrogen and oxygen atoms in total. The van der Waals surface area contributed by atoms with Gasteiger partial charge in [-0.05, 0) is 26.0 Å². The van der Waals surface area contributed by atoms with Gasteiger partial charge in [-0.2, -0.15) is 0 Å². The molecule has 0 saturated carbocycles. The van der Waals surface area contributed by atoms with E-state index < -0.39 is 11.4 Å². The fourth-order valence-corrected chi connectivity index (χ4v) is 1.76. The van der Waals surface area contributed by atoms with Crippen molar-refractivity contribution in [3.05, 3.63) is 22.4 Å². The topological polar surface area (TPSA) is 38.3 Å². The van der Waals surface area contributed by atoms with Crippen molar-refractivity contribution in [3.63, 3.8) is 0 Å². The number of carbonyl (C=O) groups is 1. The Kier molecular flexibility index (Phi) is 2.22. The molecule has 1 aliphatic heterocycles. The Morgan fingerprint density at radius 2 is 2.13 bits per heavy atom. The summed E-state index contributed by atoms with van der Waals surface area (Å²) in [5, 5.41) is 2.60. The average molecular weight is 274 g/mol. The molecule has 1 N–H and O–H groups in total. The van der Waals surface area contributed by atoms with E-state index in [0.717, 1.165) is 0 Å². The first-order valence-electron chi connectivity index (χ1n) is 4.40. The molecule has 5 heteroatoms. The Hall–Kier alpha value is -1.10. The maximum absolute atomic E-state index is 13.5. The molecule has 1 aromatic carbocycles. The molecule has 15 heavy (non-hydrogen) atoms. The number of ether oxygens (including phenoxy) is 1. The van der Waals surface area contributed by atoms with E-state index in [-0.39, 0.29) is 11.7 Å². The van der Waals surface area contributed by atoms with Gasteiger partial charge in [0.05, 0.1) is 5.69 Å². The highest BCUT2D eigenvalue weighted by Crippen LogP contribution is 2.37. The monoisotopic (exact) mass is 273 g/mol. The molecule has 0 unspecified atom stereocenters. The summed E-state index contributed by atoms with van der Waals surface area (Å²) in [4.78, 5) is 11.5. The number of nitrogens with one attached hydrogen (secondary N) is 1. The van der Waals surface area contributed by atoms with E-state index in [9.17, 15) is 9.18 Å².